The van der Waals surface area contributed by atoms with Crippen LogP contribution in [0.15, 0.2) is 90.1 Å². The van der Waals surface area contributed by atoms with E-state index in [1.165, 1.54) is 16.6 Å². The number of para-hydroxylation sites is 2. The SMILES string of the molecule is CSc1nc2ccccc2n1C(c1ccccc1)c1ccccc1. The van der Waals surface area contributed by atoms with Gasteiger partial charge in [-0.25, -0.2) is 4.98 Å². The second kappa shape index (κ2) is 6.54. The second-order valence-corrected chi connectivity index (χ2v) is 6.45. The Hall–Kier alpha value is -2.52. The van der Waals surface area contributed by atoms with Gasteiger partial charge in [-0.2, -0.15) is 0 Å². The third kappa shape index (κ3) is 2.61. The number of hydrogen-bond donors (Lipinski definition) is 0. The molecule has 1 heterocycles. The van der Waals surface area contributed by atoms with Gasteiger partial charge < -0.3 is 4.57 Å². The van der Waals surface area contributed by atoms with Crippen molar-refractivity contribution in [3.63, 3.8) is 0 Å². The minimum Gasteiger partial charge on any atom is -0.307 e. The van der Waals surface area contributed by atoms with Gasteiger partial charge in [-0.1, -0.05) is 84.6 Å². The average molecular weight is 330 g/mol. The summed E-state index contributed by atoms with van der Waals surface area (Å²) in [7, 11) is 0. The van der Waals surface area contributed by atoms with Crippen molar-refractivity contribution in [3.8, 4) is 0 Å². The van der Waals surface area contributed by atoms with Gasteiger partial charge in [0, 0.05) is 0 Å². The number of fused-ring (bicyclic) bond motifs is 1. The molecule has 0 saturated heterocycles. The van der Waals surface area contributed by atoms with E-state index in [0.29, 0.717) is 0 Å². The van der Waals surface area contributed by atoms with E-state index in [1.54, 1.807) is 11.8 Å². The van der Waals surface area contributed by atoms with E-state index in [2.05, 4.69) is 89.7 Å². The molecule has 4 rings (SSSR count). The van der Waals surface area contributed by atoms with Crippen molar-refractivity contribution >= 4 is 22.8 Å². The van der Waals surface area contributed by atoms with E-state index < -0.39 is 0 Å². The zero-order valence-corrected chi connectivity index (χ0v) is 14.3. The van der Waals surface area contributed by atoms with Gasteiger partial charge >= 0.3 is 0 Å². The molecule has 0 spiro atoms. The van der Waals surface area contributed by atoms with Crippen LogP contribution in [0, 0.1) is 0 Å². The van der Waals surface area contributed by atoms with Gasteiger partial charge in [0.25, 0.3) is 0 Å². The van der Waals surface area contributed by atoms with Crippen LogP contribution in [-0.4, -0.2) is 15.8 Å². The monoisotopic (exact) mass is 330 g/mol. The molecule has 0 N–H and O–H groups in total. The van der Waals surface area contributed by atoms with Crippen molar-refractivity contribution in [1.29, 1.82) is 0 Å². The first-order valence-corrected chi connectivity index (χ1v) is 9.22. The molecule has 2 nitrogen and oxygen atoms in total. The molecule has 0 unspecified atom stereocenters. The molecule has 0 atom stereocenters. The van der Waals surface area contributed by atoms with Crippen LogP contribution in [0.3, 0.4) is 0 Å². The van der Waals surface area contributed by atoms with Gasteiger partial charge in [0.15, 0.2) is 5.16 Å². The average Bonchev–Trinajstić information content (AvgIpc) is 3.02. The minimum atomic E-state index is 0.113. The van der Waals surface area contributed by atoms with E-state index >= 15 is 0 Å². The van der Waals surface area contributed by atoms with Crippen LogP contribution >= 0.6 is 11.8 Å². The molecule has 4 aromatic rings. The molecule has 0 saturated carbocycles. The first-order chi connectivity index (χ1) is 11.9. The Kier molecular flexibility index (Phi) is 4.09. The highest BCUT2D eigenvalue weighted by Crippen LogP contribution is 2.34. The van der Waals surface area contributed by atoms with Gasteiger partial charge in [0.2, 0.25) is 0 Å². The molecule has 0 aliphatic heterocycles. The van der Waals surface area contributed by atoms with Crippen molar-refractivity contribution in [3.05, 3.63) is 96.1 Å². The molecule has 3 heteroatoms. The number of aromatic nitrogens is 2. The predicted octanol–water partition coefficient (Wildman–Crippen LogP) is 5.40. The van der Waals surface area contributed by atoms with Crippen LogP contribution in [0.4, 0.5) is 0 Å². The number of rotatable bonds is 4. The summed E-state index contributed by atoms with van der Waals surface area (Å²) in [5.41, 5.74) is 4.74. The fourth-order valence-corrected chi connectivity index (χ4v) is 3.77. The molecule has 0 radical (unpaired) electrons. The lowest BCUT2D eigenvalue weighted by molar-refractivity contribution is 0.634. The van der Waals surface area contributed by atoms with Crippen molar-refractivity contribution < 1.29 is 0 Å². The lowest BCUT2D eigenvalue weighted by Gasteiger charge is -2.22. The quantitative estimate of drug-likeness (QED) is 0.467. The largest absolute Gasteiger partial charge is 0.307 e. The molecule has 0 amide bonds. The smallest absolute Gasteiger partial charge is 0.169 e. The van der Waals surface area contributed by atoms with Crippen LogP contribution in [0.2, 0.25) is 0 Å². The van der Waals surface area contributed by atoms with Crippen LogP contribution in [0.1, 0.15) is 17.2 Å². The third-order valence-corrected chi connectivity index (χ3v) is 4.89. The summed E-state index contributed by atoms with van der Waals surface area (Å²) in [4.78, 5) is 4.83. The van der Waals surface area contributed by atoms with E-state index in [-0.39, 0.29) is 6.04 Å². The maximum absolute atomic E-state index is 4.83. The van der Waals surface area contributed by atoms with E-state index in [1.807, 2.05) is 6.07 Å². The first-order valence-electron chi connectivity index (χ1n) is 7.99. The maximum atomic E-state index is 4.83. The lowest BCUT2D eigenvalue weighted by atomic mass is 9.98. The minimum absolute atomic E-state index is 0.113. The normalized spacial score (nSPS) is 11.2. The third-order valence-electron chi connectivity index (χ3n) is 4.23. The van der Waals surface area contributed by atoms with Crippen molar-refractivity contribution in [2.45, 2.75) is 11.2 Å². The molecule has 0 aliphatic carbocycles. The molecule has 0 bridgehead atoms. The number of nitrogens with zero attached hydrogens (tertiary/aromatic N) is 2. The predicted molar refractivity (Wildman–Crippen MR) is 102 cm³/mol. The Morgan fingerprint density at radius 1 is 0.750 bits per heavy atom. The van der Waals surface area contributed by atoms with E-state index in [9.17, 15) is 0 Å². The second-order valence-electron chi connectivity index (χ2n) is 5.68. The standard InChI is InChI=1S/C21H18N2S/c1-24-21-22-18-14-8-9-15-19(18)23(21)20(16-10-4-2-5-11-16)17-12-6-3-7-13-17/h2-15,20H,1H3. The molecular formula is C21H18N2S. The van der Waals surface area contributed by atoms with Gasteiger partial charge in [-0.3, -0.25) is 0 Å². The highest BCUT2D eigenvalue weighted by atomic mass is 32.2. The van der Waals surface area contributed by atoms with Crippen LogP contribution in [-0.2, 0) is 0 Å². The number of thioether (sulfide) groups is 1. The van der Waals surface area contributed by atoms with Crippen molar-refractivity contribution in [2.75, 3.05) is 6.26 Å². The Bertz CT molecular complexity index is 906. The number of benzene rings is 3. The summed E-state index contributed by atoms with van der Waals surface area (Å²) in [6.07, 6.45) is 2.09. The van der Waals surface area contributed by atoms with Crippen LogP contribution in [0.25, 0.3) is 11.0 Å². The fraction of sp³-hybridized carbons (Fsp3) is 0.0952. The molecule has 24 heavy (non-hydrogen) atoms. The summed E-state index contributed by atoms with van der Waals surface area (Å²) in [5, 5.41) is 1.04. The first kappa shape index (κ1) is 15.0. The van der Waals surface area contributed by atoms with Crippen molar-refractivity contribution in [1.82, 2.24) is 9.55 Å². The number of imidazole rings is 1. The van der Waals surface area contributed by atoms with Gasteiger partial charge in [0.05, 0.1) is 17.1 Å². The van der Waals surface area contributed by atoms with Gasteiger partial charge in [-0.05, 0) is 29.5 Å². The zero-order chi connectivity index (χ0) is 16.4. The summed E-state index contributed by atoms with van der Waals surface area (Å²) in [6.45, 7) is 0. The molecule has 3 aromatic carbocycles. The fourth-order valence-electron chi connectivity index (χ4n) is 3.18. The van der Waals surface area contributed by atoms with Gasteiger partial charge in [-0.15, -0.1) is 0 Å². The van der Waals surface area contributed by atoms with Crippen LogP contribution in [0.5, 0.6) is 0 Å². The highest BCUT2D eigenvalue weighted by Gasteiger charge is 2.21. The Labute approximate surface area is 146 Å². The van der Waals surface area contributed by atoms with E-state index in [0.717, 1.165) is 10.7 Å². The molecule has 118 valence electrons. The van der Waals surface area contributed by atoms with Gasteiger partial charge in [0.1, 0.15) is 0 Å². The summed E-state index contributed by atoms with van der Waals surface area (Å²) in [6, 6.07) is 29.8. The number of hydrogen-bond acceptors (Lipinski definition) is 2. The van der Waals surface area contributed by atoms with Crippen LogP contribution < -0.4 is 0 Å². The molecule has 0 aliphatic rings. The summed E-state index contributed by atoms with van der Waals surface area (Å²) >= 11 is 1.69. The highest BCUT2D eigenvalue weighted by molar-refractivity contribution is 7.98. The Morgan fingerprint density at radius 2 is 1.29 bits per heavy atom. The lowest BCUT2D eigenvalue weighted by Crippen LogP contribution is -2.13. The topological polar surface area (TPSA) is 17.8 Å². The molecule has 0 fully saturated rings. The molecule has 1 aromatic heterocycles. The van der Waals surface area contributed by atoms with Crippen molar-refractivity contribution in [2.24, 2.45) is 0 Å². The van der Waals surface area contributed by atoms with E-state index in [4.69, 9.17) is 4.98 Å². The summed E-state index contributed by atoms with van der Waals surface area (Å²) in [5.74, 6) is 0. The zero-order valence-electron chi connectivity index (χ0n) is 13.5. The summed E-state index contributed by atoms with van der Waals surface area (Å²) < 4.78 is 2.35. The maximum Gasteiger partial charge on any atom is 0.169 e. The Balaban J connectivity index is 2.01. The Morgan fingerprint density at radius 3 is 1.88 bits per heavy atom. The molecular weight excluding hydrogens is 312 g/mol.